The van der Waals surface area contributed by atoms with E-state index in [0.717, 1.165) is 11.1 Å². The van der Waals surface area contributed by atoms with E-state index in [-0.39, 0.29) is 23.7 Å². The number of rotatable bonds is 7. The summed E-state index contributed by atoms with van der Waals surface area (Å²) in [6.07, 6.45) is -1.37. The molecule has 1 atom stereocenters. The van der Waals surface area contributed by atoms with E-state index >= 15 is 0 Å². The highest BCUT2D eigenvalue weighted by molar-refractivity contribution is 6.21. The van der Waals surface area contributed by atoms with Crippen molar-refractivity contribution >= 4 is 40.5 Å². The Hall–Kier alpha value is -5.64. The maximum Gasteiger partial charge on any atom is 0.321 e. The van der Waals surface area contributed by atoms with Crippen LogP contribution in [0.15, 0.2) is 108 Å². The number of fused-ring (bicyclic) bond motifs is 1. The van der Waals surface area contributed by atoms with Gasteiger partial charge in [-0.25, -0.2) is 9.79 Å². The molecular formula is C31H25N5O5. The lowest BCUT2D eigenvalue weighted by Crippen LogP contribution is -2.50. The quantitative estimate of drug-likeness (QED) is 0.188. The van der Waals surface area contributed by atoms with Crippen LogP contribution in [0.2, 0.25) is 0 Å². The fourth-order valence-electron chi connectivity index (χ4n) is 4.58. The van der Waals surface area contributed by atoms with E-state index in [1.54, 1.807) is 24.3 Å². The molecule has 0 radical (unpaired) electrons. The number of nitro groups is 1. The van der Waals surface area contributed by atoms with Crippen LogP contribution in [0, 0.1) is 17.0 Å². The number of carbonyl (C=O) groups is 3. The number of urea groups is 1. The minimum absolute atomic E-state index is 0.126. The normalized spacial score (nSPS) is 14.4. The van der Waals surface area contributed by atoms with Crippen molar-refractivity contribution in [1.82, 2.24) is 5.32 Å². The topological polar surface area (TPSA) is 134 Å². The van der Waals surface area contributed by atoms with E-state index in [9.17, 15) is 24.5 Å². The number of nitrogens with one attached hydrogen (secondary N) is 2. The predicted molar refractivity (Wildman–Crippen MR) is 155 cm³/mol. The molecule has 41 heavy (non-hydrogen) atoms. The number of anilines is 2. The zero-order chi connectivity index (χ0) is 28.9. The second-order valence-electron chi connectivity index (χ2n) is 9.33. The van der Waals surface area contributed by atoms with Gasteiger partial charge in [-0.2, -0.15) is 0 Å². The van der Waals surface area contributed by atoms with E-state index in [0.29, 0.717) is 22.5 Å². The molecule has 4 aromatic rings. The number of nitrogens with zero attached hydrogens (tertiary/aromatic N) is 3. The smallest absolute Gasteiger partial charge is 0.308 e. The van der Waals surface area contributed by atoms with Gasteiger partial charge in [-0.05, 0) is 30.7 Å². The Kier molecular flexibility index (Phi) is 7.64. The molecule has 2 N–H and O–H groups in total. The molecular weight excluding hydrogens is 522 g/mol. The van der Waals surface area contributed by atoms with Crippen LogP contribution in [-0.4, -0.2) is 41.1 Å². The van der Waals surface area contributed by atoms with Gasteiger partial charge in [0.25, 0.3) is 11.6 Å². The molecule has 10 heteroatoms. The molecule has 1 aliphatic rings. The summed E-state index contributed by atoms with van der Waals surface area (Å²) in [7, 11) is 0. The fraction of sp³-hybridized carbons (Fsp3) is 0.0968. The molecule has 0 aliphatic carbocycles. The second kappa shape index (κ2) is 11.6. The minimum atomic E-state index is -1.37. The van der Waals surface area contributed by atoms with Gasteiger partial charge in [-0.3, -0.25) is 19.7 Å². The van der Waals surface area contributed by atoms with Crippen molar-refractivity contribution in [2.45, 2.75) is 13.1 Å². The first-order valence-electron chi connectivity index (χ1n) is 12.8. The molecule has 0 fully saturated rings. The van der Waals surface area contributed by atoms with Gasteiger partial charge in [-0.15, -0.1) is 0 Å². The SMILES string of the molecule is Cc1ccccc1C(=O)CN1C(=O)C(NC(=O)Nc2ccc([N+](=O)[O-])cc2)N=C(c2ccccc2)c2ccccc21. The number of aryl methyl sites for hydroxylation is 1. The lowest BCUT2D eigenvalue weighted by Gasteiger charge is -2.25. The number of hydrogen-bond donors (Lipinski definition) is 2. The molecule has 1 aliphatic heterocycles. The summed E-state index contributed by atoms with van der Waals surface area (Å²) in [5.41, 5.74) is 3.75. The Morgan fingerprint density at radius 1 is 0.902 bits per heavy atom. The highest BCUT2D eigenvalue weighted by Crippen LogP contribution is 2.29. The van der Waals surface area contributed by atoms with Gasteiger partial charge in [0.1, 0.15) is 0 Å². The predicted octanol–water partition coefficient (Wildman–Crippen LogP) is 5.12. The number of aliphatic imine (C=N–C) groups is 1. The number of Topliss-reactive ketones (excluding diaryl/α,β-unsaturated/α-hetero) is 1. The van der Waals surface area contributed by atoms with E-state index < -0.39 is 23.0 Å². The number of benzodiazepines with no additional fused rings is 1. The molecule has 0 aromatic heterocycles. The number of hydrogen-bond acceptors (Lipinski definition) is 6. The van der Waals surface area contributed by atoms with Crippen LogP contribution < -0.4 is 15.5 Å². The molecule has 4 aromatic carbocycles. The van der Waals surface area contributed by atoms with Crippen LogP contribution >= 0.6 is 0 Å². The Morgan fingerprint density at radius 2 is 1.56 bits per heavy atom. The molecule has 1 unspecified atom stereocenters. The molecule has 5 rings (SSSR count). The number of para-hydroxylation sites is 1. The number of benzene rings is 4. The van der Waals surface area contributed by atoms with Crippen LogP contribution in [0.25, 0.3) is 0 Å². The van der Waals surface area contributed by atoms with Gasteiger partial charge in [-0.1, -0.05) is 72.8 Å². The fourth-order valence-corrected chi connectivity index (χ4v) is 4.58. The van der Waals surface area contributed by atoms with Gasteiger partial charge in [0.2, 0.25) is 6.17 Å². The summed E-state index contributed by atoms with van der Waals surface area (Å²) in [4.78, 5) is 56.9. The molecule has 0 bridgehead atoms. The number of nitro benzene ring substituents is 1. The van der Waals surface area contributed by atoms with Crippen molar-refractivity contribution < 1.29 is 19.3 Å². The lowest BCUT2D eigenvalue weighted by molar-refractivity contribution is -0.384. The van der Waals surface area contributed by atoms with Crippen LogP contribution in [-0.2, 0) is 4.79 Å². The van der Waals surface area contributed by atoms with Crippen molar-refractivity contribution in [3.63, 3.8) is 0 Å². The maximum absolute atomic E-state index is 14.0. The van der Waals surface area contributed by atoms with Gasteiger partial charge in [0, 0.05) is 34.5 Å². The molecule has 0 spiro atoms. The summed E-state index contributed by atoms with van der Waals surface area (Å²) in [5, 5.41) is 16.1. The zero-order valence-corrected chi connectivity index (χ0v) is 22.0. The minimum Gasteiger partial charge on any atom is -0.308 e. The molecule has 3 amide bonds. The van der Waals surface area contributed by atoms with Crippen molar-refractivity contribution in [1.29, 1.82) is 0 Å². The van der Waals surface area contributed by atoms with Crippen molar-refractivity contribution in [3.8, 4) is 0 Å². The molecule has 204 valence electrons. The van der Waals surface area contributed by atoms with E-state index in [4.69, 9.17) is 0 Å². The zero-order valence-electron chi connectivity index (χ0n) is 22.0. The van der Waals surface area contributed by atoms with Crippen LogP contribution in [0.4, 0.5) is 21.9 Å². The van der Waals surface area contributed by atoms with Crippen LogP contribution in [0.1, 0.15) is 27.0 Å². The summed E-state index contributed by atoms with van der Waals surface area (Å²) < 4.78 is 0. The Morgan fingerprint density at radius 3 is 2.27 bits per heavy atom. The van der Waals surface area contributed by atoms with E-state index in [1.165, 1.54) is 29.2 Å². The summed E-state index contributed by atoms with van der Waals surface area (Å²) >= 11 is 0. The maximum atomic E-state index is 14.0. The van der Waals surface area contributed by atoms with Gasteiger partial charge in [0.05, 0.1) is 22.9 Å². The highest BCUT2D eigenvalue weighted by atomic mass is 16.6. The van der Waals surface area contributed by atoms with Crippen molar-refractivity contribution in [2.75, 3.05) is 16.8 Å². The number of ketones is 1. The Labute approximate surface area is 235 Å². The molecule has 0 saturated carbocycles. The average molecular weight is 548 g/mol. The van der Waals surface area contributed by atoms with E-state index in [1.807, 2.05) is 61.5 Å². The standard InChI is InChI=1S/C31H25N5O5/c1-20-9-5-6-12-24(20)27(37)19-35-26-14-8-7-13-25(26)28(21-10-3-2-4-11-21)33-29(30(35)38)34-31(39)32-22-15-17-23(18-16-22)36(40)41/h2-18,29H,19H2,1H3,(H2,32,34,39). The Bertz CT molecular complexity index is 1670. The largest absolute Gasteiger partial charge is 0.321 e. The second-order valence-corrected chi connectivity index (χ2v) is 9.33. The van der Waals surface area contributed by atoms with Gasteiger partial charge in [0.15, 0.2) is 5.78 Å². The van der Waals surface area contributed by atoms with Crippen LogP contribution in [0.5, 0.6) is 0 Å². The third kappa shape index (κ3) is 5.86. The summed E-state index contributed by atoms with van der Waals surface area (Å²) in [6.45, 7) is 1.56. The first-order chi connectivity index (χ1) is 19.8. The summed E-state index contributed by atoms with van der Waals surface area (Å²) in [6, 6.07) is 28.1. The molecule has 0 saturated heterocycles. The first-order valence-corrected chi connectivity index (χ1v) is 12.8. The van der Waals surface area contributed by atoms with Gasteiger partial charge < -0.3 is 15.5 Å². The lowest BCUT2D eigenvalue weighted by atomic mass is 9.99. The first kappa shape index (κ1) is 26.9. The Balaban J connectivity index is 1.51. The molecule has 1 heterocycles. The average Bonchev–Trinajstić information content (AvgIpc) is 3.09. The molecule has 10 nitrogen and oxygen atoms in total. The number of non-ortho nitro benzene ring substituents is 1. The van der Waals surface area contributed by atoms with Crippen molar-refractivity contribution in [3.05, 3.63) is 135 Å². The summed E-state index contributed by atoms with van der Waals surface area (Å²) in [5.74, 6) is -0.854. The van der Waals surface area contributed by atoms with Gasteiger partial charge >= 0.3 is 6.03 Å². The highest BCUT2D eigenvalue weighted by Gasteiger charge is 2.34. The van der Waals surface area contributed by atoms with Crippen molar-refractivity contribution in [2.24, 2.45) is 4.99 Å². The van der Waals surface area contributed by atoms with Crippen LogP contribution in [0.3, 0.4) is 0 Å². The monoisotopic (exact) mass is 547 g/mol. The third-order valence-corrected chi connectivity index (χ3v) is 6.61. The number of amides is 3. The van der Waals surface area contributed by atoms with E-state index in [2.05, 4.69) is 15.6 Å². The third-order valence-electron chi connectivity index (χ3n) is 6.61. The number of carbonyl (C=O) groups excluding carboxylic acids is 3.